The van der Waals surface area contributed by atoms with Crippen molar-refractivity contribution in [1.82, 2.24) is 4.98 Å². The molecule has 0 aliphatic carbocycles. The average molecular weight is 437 g/mol. The number of benzene rings is 3. The van der Waals surface area contributed by atoms with Crippen LogP contribution < -0.4 is 10.0 Å². The average Bonchev–Trinajstić information content (AvgIpc) is 3.31. The van der Waals surface area contributed by atoms with Crippen LogP contribution in [0.3, 0.4) is 0 Å². The number of carbonyl (C=O) groups excluding carboxylic acids is 1. The molecule has 0 aliphatic heterocycles. The van der Waals surface area contributed by atoms with Crippen molar-refractivity contribution >= 4 is 27.3 Å². The largest absolute Gasteiger partial charge is 0.444 e. The Morgan fingerprint density at radius 3 is 2.45 bits per heavy atom. The van der Waals surface area contributed by atoms with Gasteiger partial charge in [0.2, 0.25) is 0 Å². The predicted octanol–water partition coefficient (Wildman–Crippen LogP) is 4.53. The Bertz CT molecular complexity index is 1320. The molecule has 0 unspecified atom stereocenters. The van der Waals surface area contributed by atoms with Crippen LogP contribution in [0, 0.1) is 5.82 Å². The Morgan fingerprint density at radius 1 is 0.968 bits per heavy atom. The highest BCUT2D eigenvalue weighted by atomic mass is 32.2. The second kappa shape index (κ2) is 8.41. The number of sulfonamides is 1. The molecule has 0 bridgehead atoms. The number of nitrogens with one attached hydrogen (secondary N) is 2. The minimum Gasteiger partial charge on any atom is -0.444 e. The van der Waals surface area contributed by atoms with Crippen molar-refractivity contribution in [3.8, 4) is 11.3 Å². The highest BCUT2D eigenvalue weighted by Gasteiger charge is 2.18. The predicted molar refractivity (Wildman–Crippen MR) is 114 cm³/mol. The summed E-state index contributed by atoms with van der Waals surface area (Å²) >= 11 is 0. The number of hydrogen-bond acceptors (Lipinski definition) is 5. The van der Waals surface area contributed by atoms with Gasteiger partial charge in [0.15, 0.2) is 12.2 Å². The second-order valence-electron chi connectivity index (χ2n) is 6.51. The van der Waals surface area contributed by atoms with Crippen molar-refractivity contribution in [3.63, 3.8) is 0 Å². The number of aromatic nitrogens is 1. The van der Waals surface area contributed by atoms with E-state index in [1.54, 1.807) is 30.5 Å². The molecule has 1 aromatic heterocycles. The van der Waals surface area contributed by atoms with Crippen molar-refractivity contribution in [2.24, 2.45) is 0 Å². The number of halogens is 1. The molecule has 156 valence electrons. The van der Waals surface area contributed by atoms with Gasteiger partial charge in [0.25, 0.3) is 15.9 Å². The van der Waals surface area contributed by atoms with Gasteiger partial charge in [0, 0.05) is 16.8 Å². The van der Waals surface area contributed by atoms with Gasteiger partial charge in [-0.25, -0.2) is 17.8 Å². The van der Waals surface area contributed by atoms with E-state index in [1.165, 1.54) is 48.9 Å². The van der Waals surface area contributed by atoms with Crippen molar-refractivity contribution in [3.05, 3.63) is 96.8 Å². The zero-order valence-corrected chi connectivity index (χ0v) is 16.8. The van der Waals surface area contributed by atoms with Gasteiger partial charge >= 0.3 is 0 Å². The van der Waals surface area contributed by atoms with Crippen LogP contribution in [-0.2, 0) is 10.0 Å². The smallest absolute Gasteiger partial charge is 0.262 e. The van der Waals surface area contributed by atoms with Crippen molar-refractivity contribution < 1.29 is 22.0 Å². The van der Waals surface area contributed by atoms with Crippen molar-refractivity contribution in [2.75, 3.05) is 10.0 Å². The summed E-state index contributed by atoms with van der Waals surface area (Å²) in [6.45, 7) is 0. The molecule has 0 fully saturated rings. The SMILES string of the molecule is O=C(Nc1ccc(-c2cnco2)cc1)c1cccc(S(=O)(=O)Nc2ccccc2F)c1. The Labute approximate surface area is 177 Å². The van der Waals surface area contributed by atoms with Gasteiger partial charge in [-0.15, -0.1) is 0 Å². The summed E-state index contributed by atoms with van der Waals surface area (Å²) in [7, 11) is -4.08. The Morgan fingerprint density at radius 2 is 1.74 bits per heavy atom. The fourth-order valence-corrected chi connectivity index (χ4v) is 3.94. The number of rotatable bonds is 6. The number of amides is 1. The van der Waals surface area contributed by atoms with Gasteiger partial charge in [0.1, 0.15) is 5.82 Å². The molecule has 1 amide bonds. The number of hydrogen-bond donors (Lipinski definition) is 2. The van der Waals surface area contributed by atoms with Crippen LogP contribution >= 0.6 is 0 Å². The lowest BCUT2D eigenvalue weighted by molar-refractivity contribution is 0.102. The number of nitrogens with zero attached hydrogens (tertiary/aromatic N) is 1. The summed E-state index contributed by atoms with van der Waals surface area (Å²) in [4.78, 5) is 16.3. The molecule has 3 aromatic carbocycles. The van der Waals surface area contributed by atoms with E-state index >= 15 is 0 Å². The molecule has 4 rings (SSSR count). The molecule has 0 radical (unpaired) electrons. The van der Waals surface area contributed by atoms with Gasteiger partial charge in [-0.2, -0.15) is 0 Å². The third-order valence-corrected chi connectivity index (χ3v) is 5.75. The van der Waals surface area contributed by atoms with Crippen LogP contribution in [0.2, 0.25) is 0 Å². The van der Waals surface area contributed by atoms with Gasteiger partial charge in [-0.1, -0.05) is 18.2 Å². The fourth-order valence-electron chi connectivity index (χ4n) is 2.83. The number of anilines is 2. The first-order valence-electron chi connectivity index (χ1n) is 9.10. The minimum absolute atomic E-state index is 0.135. The first-order valence-corrected chi connectivity index (χ1v) is 10.6. The van der Waals surface area contributed by atoms with E-state index < -0.39 is 21.7 Å². The lowest BCUT2D eigenvalue weighted by atomic mass is 10.1. The molecule has 4 aromatic rings. The number of para-hydroxylation sites is 1. The number of oxazole rings is 1. The van der Waals surface area contributed by atoms with Crippen LogP contribution in [0.25, 0.3) is 11.3 Å². The van der Waals surface area contributed by atoms with E-state index in [0.29, 0.717) is 11.4 Å². The molecule has 0 spiro atoms. The van der Waals surface area contributed by atoms with Crippen LogP contribution in [0.5, 0.6) is 0 Å². The van der Waals surface area contributed by atoms with Gasteiger partial charge < -0.3 is 9.73 Å². The summed E-state index contributed by atoms with van der Waals surface area (Å²) in [6, 6.07) is 17.8. The van der Waals surface area contributed by atoms with Crippen LogP contribution in [0.15, 0.2) is 94.7 Å². The third-order valence-electron chi connectivity index (χ3n) is 4.38. The molecular formula is C22H16FN3O4S. The minimum atomic E-state index is -4.08. The Hall–Kier alpha value is -3.98. The van der Waals surface area contributed by atoms with E-state index in [2.05, 4.69) is 15.0 Å². The third kappa shape index (κ3) is 4.62. The normalized spacial score (nSPS) is 11.1. The summed E-state index contributed by atoms with van der Waals surface area (Å²) in [5.74, 6) is -0.595. The monoisotopic (exact) mass is 437 g/mol. The topological polar surface area (TPSA) is 101 Å². The van der Waals surface area contributed by atoms with E-state index in [9.17, 15) is 17.6 Å². The second-order valence-corrected chi connectivity index (χ2v) is 8.19. The molecule has 1 heterocycles. The van der Waals surface area contributed by atoms with E-state index in [1.807, 2.05) is 0 Å². The lowest BCUT2D eigenvalue weighted by Crippen LogP contribution is -2.16. The van der Waals surface area contributed by atoms with Gasteiger partial charge in [0.05, 0.1) is 16.8 Å². The van der Waals surface area contributed by atoms with Crippen LogP contribution in [-0.4, -0.2) is 19.3 Å². The van der Waals surface area contributed by atoms with E-state index in [-0.39, 0.29) is 16.1 Å². The summed E-state index contributed by atoms with van der Waals surface area (Å²) in [6.07, 6.45) is 2.90. The standard InChI is InChI=1S/C22H16FN3O4S/c23-19-6-1-2-7-20(19)26-31(28,29)18-5-3-4-16(12-18)22(27)25-17-10-8-15(9-11-17)21-13-24-14-30-21/h1-14,26H,(H,25,27). The van der Waals surface area contributed by atoms with Crippen LogP contribution in [0.1, 0.15) is 10.4 Å². The van der Waals surface area contributed by atoms with E-state index in [0.717, 1.165) is 11.6 Å². The molecule has 0 saturated carbocycles. The van der Waals surface area contributed by atoms with Crippen molar-refractivity contribution in [2.45, 2.75) is 4.90 Å². The molecule has 7 nitrogen and oxygen atoms in total. The molecular weight excluding hydrogens is 421 g/mol. The fraction of sp³-hybridized carbons (Fsp3) is 0. The van der Waals surface area contributed by atoms with E-state index in [4.69, 9.17) is 4.42 Å². The van der Waals surface area contributed by atoms with Crippen LogP contribution in [0.4, 0.5) is 15.8 Å². The van der Waals surface area contributed by atoms with Gasteiger partial charge in [-0.3, -0.25) is 9.52 Å². The molecule has 9 heteroatoms. The quantitative estimate of drug-likeness (QED) is 0.461. The first kappa shape index (κ1) is 20.3. The number of carbonyl (C=O) groups is 1. The molecule has 0 aliphatic rings. The molecule has 31 heavy (non-hydrogen) atoms. The summed E-state index contributed by atoms with van der Waals surface area (Å²) < 4.78 is 46.4. The Kier molecular flexibility index (Phi) is 5.50. The molecule has 2 N–H and O–H groups in total. The maximum atomic E-state index is 13.8. The molecule has 0 atom stereocenters. The van der Waals surface area contributed by atoms with Crippen molar-refractivity contribution in [1.29, 1.82) is 0 Å². The summed E-state index contributed by atoms with van der Waals surface area (Å²) in [5.41, 5.74) is 1.27. The highest BCUT2D eigenvalue weighted by Crippen LogP contribution is 2.22. The zero-order chi connectivity index (χ0) is 21.8. The maximum absolute atomic E-state index is 13.8. The maximum Gasteiger partial charge on any atom is 0.262 e. The lowest BCUT2D eigenvalue weighted by Gasteiger charge is -2.10. The summed E-state index contributed by atoms with van der Waals surface area (Å²) in [5, 5.41) is 2.71. The Balaban J connectivity index is 1.51. The first-order chi connectivity index (χ1) is 14.9. The van der Waals surface area contributed by atoms with Gasteiger partial charge in [-0.05, 0) is 54.6 Å². The highest BCUT2D eigenvalue weighted by molar-refractivity contribution is 7.92. The molecule has 0 saturated heterocycles. The zero-order valence-electron chi connectivity index (χ0n) is 15.9.